The van der Waals surface area contributed by atoms with Crippen LogP contribution in [0.4, 0.5) is 0 Å². The summed E-state index contributed by atoms with van der Waals surface area (Å²) in [4.78, 5) is 65.5. The summed E-state index contributed by atoms with van der Waals surface area (Å²) in [7, 11) is 0. The van der Waals surface area contributed by atoms with Crippen molar-refractivity contribution in [1.29, 1.82) is 0 Å². The van der Waals surface area contributed by atoms with Gasteiger partial charge in [0.25, 0.3) is 11.8 Å². The Morgan fingerprint density at radius 1 is 0.902 bits per heavy atom. The number of amides is 4. The number of rotatable bonds is 13. The zero-order valence-corrected chi connectivity index (χ0v) is 23.4. The van der Waals surface area contributed by atoms with Crippen molar-refractivity contribution in [1.82, 2.24) is 21.3 Å². The van der Waals surface area contributed by atoms with Gasteiger partial charge in [-0.25, -0.2) is 0 Å². The van der Waals surface area contributed by atoms with Crippen LogP contribution in [-0.4, -0.2) is 59.2 Å². The summed E-state index contributed by atoms with van der Waals surface area (Å²) in [6, 6.07) is 14.4. The first-order chi connectivity index (χ1) is 19.6. The number of Topliss-reactive ketones (excluding diaryl/α,β-unsaturated/α-hetero) is 1. The Morgan fingerprint density at radius 2 is 1.49 bits per heavy atom. The fraction of sp³-hybridized carbons (Fsp3) is 0.452. The number of hydrogen-bond donors (Lipinski definition) is 5. The van der Waals surface area contributed by atoms with E-state index in [4.69, 9.17) is 0 Å². The lowest BCUT2D eigenvalue weighted by molar-refractivity contribution is -0.142. The zero-order valence-electron chi connectivity index (χ0n) is 23.4. The fourth-order valence-electron chi connectivity index (χ4n) is 5.05. The van der Waals surface area contributed by atoms with E-state index < -0.39 is 47.1 Å². The molecule has 4 rings (SSSR count). The van der Waals surface area contributed by atoms with E-state index in [9.17, 15) is 29.1 Å². The smallest absolute Gasteiger partial charge is 0.289 e. The fourth-order valence-corrected chi connectivity index (χ4v) is 5.05. The minimum absolute atomic E-state index is 0.0329. The van der Waals surface area contributed by atoms with Crippen LogP contribution in [-0.2, 0) is 29.6 Å². The third kappa shape index (κ3) is 7.38. The molecule has 0 spiro atoms. The Hall–Kier alpha value is -4.05. The van der Waals surface area contributed by atoms with Crippen molar-refractivity contribution >= 4 is 29.4 Å². The molecule has 218 valence electrons. The van der Waals surface area contributed by atoms with Crippen LogP contribution in [0.5, 0.6) is 0 Å². The van der Waals surface area contributed by atoms with Gasteiger partial charge in [-0.05, 0) is 49.1 Å². The average molecular weight is 563 g/mol. The summed E-state index contributed by atoms with van der Waals surface area (Å²) < 4.78 is 0. The Balaban J connectivity index is 1.58. The van der Waals surface area contributed by atoms with Gasteiger partial charge < -0.3 is 26.4 Å². The van der Waals surface area contributed by atoms with Crippen molar-refractivity contribution in [2.75, 3.05) is 6.54 Å². The number of ketones is 1. The molecule has 2 fully saturated rings. The summed E-state index contributed by atoms with van der Waals surface area (Å²) in [6.45, 7) is 4.21. The molecule has 0 aromatic heterocycles. The zero-order chi connectivity index (χ0) is 29.6. The maximum atomic E-state index is 13.8. The van der Waals surface area contributed by atoms with E-state index in [0.29, 0.717) is 24.1 Å². The second-order valence-electron chi connectivity index (χ2n) is 11.3. The molecule has 2 aromatic rings. The second kappa shape index (κ2) is 13.1. The normalized spacial score (nSPS) is 18.2. The maximum Gasteiger partial charge on any atom is 0.289 e. The van der Waals surface area contributed by atoms with Crippen molar-refractivity contribution in [3.8, 4) is 0 Å². The van der Waals surface area contributed by atoms with Crippen LogP contribution in [0.15, 0.2) is 60.7 Å². The predicted molar refractivity (Wildman–Crippen MR) is 151 cm³/mol. The summed E-state index contributed by atoms with van der Waals surface area (Å²) in [5.74, 6) is -3.92. The van der Waals surface area contributed by atoms with Crippen LogP contribution >= 0.6 is 0 Å². The lowest BCUT2D eigenvalue weighted by Gasteiger charge is -2.31. The number of carbonyl (C=O) groups is 5. The van der Waals surface area contributed by atoms with Gasteiger partial charge >= 0.3 is 0 Å². The van der Waals surface area contributed by atoms with E-state index in [1.54, 1.807) is 60.7 Å². The van der Waals surface area contributed by atoms with Crippen LogP contribution in [0.25, 0.3) is 0 Å². The first-order valence-corrected chi connectivity index (χ1v) is 14.2. The van der Waals surface area contributed by atoms with Gasteiger partial charge in [-0.2, -0.15) is 0 Å². The van der Waals surface area contributed by atoms with Crippen LogP contribution in [0.1, 0.15) is 57.1 Å². The monoisotopic (exact) mass is 562 g/mol. The molecule has 4 amide bonds. The summed E-state index contributed by atoms with van der Waals surface area (Å²) >= 11 is 0. The van der Waals surface area contributed by atoms with E-state index in [1.807, 2.05) is 13.8 Å². The quantitative estimate of drug-likeness (QED) is 0.232. The molecule has 1 saturated heterocycles. The van der Waals surface area contributed by atoms with Gasteiger partial charge in [-0.15, -0.1) is 0 Å². The largest absolute Gasteiger partial charge is 0.372 e. The molecule has 2 aliphatic rings. The third-order valence-corrected chi connectivity index (χ3v) is 7.49. The third-order valence-electron chi connectivity index (χ3n) is 7.49. The van der Waals surface area contributed by atoms with E-state index in [-0.39, 0.29) is 30.7 Å². The van der Waals surface area contributed by atoms with Gasteiger partial charge in [0.05, 0.1) is 6.04 Å². The molecule has 1 saturated carbocycles. The molecule has 5 N–H and O–H groups in total. The summed E-state index contributed by atoms with van der Waals surface area (Å²) in [6.07, 6.45) is 2.23. The molecular formula is C31H38N4O6. The summed E-state index contributed by atoms with van der Waals surface area (Å²) in [5.41, 5.74) is -1.45. The first-order valence-electron chi connectivity index (χ1n) is 14.2. The van der Waals surface area contributed by atoms with Gasteiger partial charge in [0.1, 0.15) is 6.04 Å². The molecule has 41 heavy (non-hydrogen) atoms. The molecule has 0 unspecified atom stereocenters. The standard InChI is InChI=1S/C31H38N4O6/c1-19(2)17-25(35-30(40)31(41,21-9-5-3-6-10-21)22-11-7-4-8-12-22)28(38)34-24(18-20-15-16-32-27(20)37)26(36)29(39)33-23-13-14-23/h3-12,19-20,23-25,41H,13-18H2,1-2H3,(H,32,37)(H,33,39)(H,34,38)(H,35,40)/t20-,24-,25+/m0/s1. The van der Waals surface area contributed by atoms with Crippen molar-refractivity contribution < 1.29 is 29.1 Å². The highest BCUT2D eigenvalue weighted by atomic mass is 16.3. The van der Waals surface area contributed by atoms with Gasteiger partial charge in [0.2, 0.25) is 17.6 Å². The van der Waals surface area contributed by atoms with Crippen LogP contribution in [0.3, 0.4) is 0 Å². The Bertz CT molecular complexity index is 1220. The predicted octanol–water partition coefficient (Wildman–Crippen LogP) is 1.31. The van der Waals surface area contributed by atoms with Gasteiger partial charge in [0.15, 0.2) is 5.60 Å². The molecule has 3 atom stereocenters. The summed E-state index contributed by atoms with van der Waals surface area (Å²) in [5, 5.41) is 22.6. The van der Waals surface area contributed by atoms with E-state index in [2.05, 4.69) is 21.3 Å². The molecule has 1 heterocycles. The highest BCUT2D eigenvalue weighted by Crippen LogP contribution is 2.30. The van der Waals surface area contributed by atoms with Gasteiger partial charge in [-0.3, -0.25) is 24.0 Å². The van der Waals surface area contributed by atoms with E-state index >= 15 is 0 Å². The molecule has 10 heteroatoms. The van der Waals surface area contributed by atoms with Crippen molar-refractivity contribution in [2.45, 2.75) is 69.7 Å². The second-order valence-corrected chi connectivity index (χ2v) is 11.3. The number of benzene rings is 2. The average Bonchev–Trinajstić information content (AvgIpc) is 3.70. The lowest BCUT2D eigenvalue weighted by atomic mass is 9.85. The Labute approximate surface area is 239 Å². The SMILES string of the molecule is CC(C)C[C@@H](NC(=O)C(O)(c1ccccc1)c1ccccc1)C(=O)N[C@@H](C[C@@H]1CCNC1=O)C(=O)C(=O)NC1CC1. The number of hydrogen-bond acceptors (Lipinski definition) is 6. The Morgan fingerprint density at radius 3 is 1.98 bits per heavy atom. The molecule has 1 aliphatic heterocycles. The number of carbonyl (C=O) groups excluding carboxylic acids is 5. The molecule has 10 nitrogen and oxygen atoms in total. The molecular weight excluding hydrogens is 524 g/mol. The van der Waals surface area contributed by atoms with E-state index in [1.165, 1.54) is 0 Å². The van der Waals surface area contributed by atoms with Crippen molar-refractivity contribution in [2.24, 2.45) is 11.8 Å². The molecule has 1 aliphatic carbocycles. The highest BCUT2D eigenvalue weighted by Gasteiger charge is 2.42. The van der Waals surface area contributed by atoms with Crippen LogP contribution in [0.2, 0.25) is 0 Å². The van der Waals surface area contributed by atoms with Crippen molar-refractivity contribution in [3.05, 3.63) is 71.8 Å². The minimum atomic E-state index is -2.10. The maximum absolute atomic E-state index is 13.8. The highest BCUT2D eigenvalue weighted by molar-refractivity contribution is 6.38. The number of aliphatic hydroxyl groups is 1. The van der Waals surface area contributed by atoms with Crippen LogP contribution in [0, 0.1) is 11.8 Å². The Kier molecular flexibility index (Phi) is 9.54. The lowest BCUT2D eigenvalue weighted by Crippen LogP contribution is -2.57. The topological polar surface area (TPSA) is 154 Å². The molecule has 0 bridgehead atoms. The van der Waals surface area contributed by atoms with Crippen molar-refractivity contribution in [3.63, 3.8) is 0 Å². The van der Waals surface area contributed by atoms with E-state index in [0.717, 1.165) is 12.8 Å². The van der Waals surface area contributed by atoms with Gasteiger partial charge in [0, 0.05) is 18.5 Å². The minimum Gasteiger partial charge on any atom is -0.372 e. The molecule has 2 aromatic carbocycles. The molecule has 0 radical (unpaired) electrons. The van der Waals surface area contributed by atoms with Gasteiger partial charge in [-0.1, -0.05) is 74.5 Å². The number of nitrogens with one attached hydrogen (secondary N) is 4. The van der Waals surface area contributed by atoms with Crippen LogP contribution < -0.4 is 21.3 Å². The first kappa shape index (κ1) is 29.9.